The fourth-order valence-corrected chi connectivity index (χ4v) is 4.22. The molecular formula is C19H20N4OS. The van der Waals surface area contributed by atoms with E-state index in [0.717, 1.165) is 34.8 Å². The van der Waals surface area contributed by atoms with Crippen LogP contribution in [0, 0.1) is 6.92 Å². The third-order valence-electron chi connectivity index (χ3n) is 4.56. The maximum atomic E-state index is 12.0. The molecule has 1 aromatic carbocycles. The SMILES string of the molecule is Cc1nc(NC2CCN(C)C(=O)C2)c2cc(-c3ccccc3)sc2n1. The summed E-state index contributed by atoms with van der Waals surface area (Å²) in [5.74, 6) is 1.76. The average molecular weight is 352 g/mol. The number of carbonyl (C=O) groups is 1. The summed E-state index contributed by atoms with van der Waals surface area (Å²) in [6, 6.07) is 12.6. The molecule has 0 aliphatic carbocycles. The highest BCUT2D eigenvalue weighted by molar-refractivity contribution is 7.21. The van der Waals surface area contributed by atoms with E-state index in [4.69, 9.17) is 0 Å². The zero-order chi connectivity index (χ0) is 17.4. The van der Waals surface area contributed by atoms with Crippen LogP contribution in [0.1, 0.15) is 18.7 Å². The molecule has 0 saturated carbocycles. The second-order valence-corrected chi connectivity index (χ2v) is 7.49. The first kappa shape index (κ1) is 16.0. The maximum absolute atomic E-state index is 12.0. The molecule has 3 aromatic rings. The monoisotopic (exact) mass is 352 g/mol. The lowest BCUT2D eigenvalue weighted by Crippen LogP contribution is -2.41. The molecular weight excluding hydrogens is 332 g/mol. The predicted molar refractivity (Wildman–Crippen MR) is 102 cm³/mol. The molecule has 1 saturated heterocycles. The molecule has 0 radical (unpaired) electrons. The van der Waals surface area contributed by atoms with Gasteiger partial charge in [0.25, 0.3) is 0 Å². The normalized spacial score (nSPS) is 17.9. The van der Waals surface area contributed by atoms with Crippen LogP contribution < -0.4 is 5.32 Å². The van der Waals surface area contributed by atoms with Gasteiger partial charge in [0.15, 0.2) is 0 Å². The Bertz CT molecular complexity index is 922. The van der Waals surface area contributed by atoms with Gasteiger partial charge in [0, 0.05) is 30.9 Å². The van der Waals surface area contributed by atoms with E-state index in [-0.39, 0.29) is 11.9 Å². The van der Waals surface area contributed by atoms with Gasteiger partial charge < -0.3 is 10.2 Å². The Morgan fingerprint density at radius 3 is 2.80 bits per heavy atom. The van der Waals surface area contributed by atoms with Gasteiger partial charge in [-0.2, -0.15) is 0 Å². The summed E-state index contributed by atoms with van der Waals surface area (Å²) in [4.78, 5) is 25.1. The molecule has 3 heterocycles. The van der Waals surface area contributed by atoms with E-state index in [2.05, 4.69) is 33.5 Å². The van der Waals surface area contributed by atoms with Crippen LogP contribution in [0.25, 0.3) is 20.7 Å². The number of benzene rings is 1. The number of anilines is 1. The number of thiophene rings is 1. The number of carbonyl (C=O) groups excluding carboxylic acids is 1. The maximum Gasteiger partial charge on any atom is 0.224 e. The lowest BCUT2D eigenvalue weighted by atomic mass is 10.0. The lowest BCUT2D eigenvalue weighted by Gasteiger charge is -2.29. The third kappa shape index (κ3) is 3.22. The Morgan fingerprint density at radius 1 is 1.24 bits per heavy atom. The van der Waals surface area contributed by atoms with Crippen LogP contribution >= 0.6 is 11.3 Å². The van der Waals surface area contributed by atoms with Crippen LogP contribution in [0.5, 0.6) is 0 Å². The van der Waals surface area contributed by atoms with E-state index in [0.29, 0.717) is 6.42 Å². The van der Waals surface area contributed by atoms with Crippen molar-refractivity contribution in [1.82, 2.24) is 14.9 Å². The van der Waals surface area contributed by atoms with Gasteiger partial charge >= 0.3 is 0 Å². The van der Waals surface area contributed by atoms with Crippen LogP contribution in [-0.4, -0.2) is 40.4 Å². The number of piperidine rings is 1. The van der Waals surface area contributed by atoms with Crippen LogP contribution in [0.3, 0.4) is 0 Å². The van der Waals surface area contributed by atoms with Crippen molar-refractivity contribution in [2.75, 3.05) is 18.9 Å². The Morgan fingerprint density at radius 2 is 2.04 bits per heavy atom. The van der Waals surface area contributed by atoms with Crippen LogP contribution in [0.2, 0.25) is 0 Å². The predicted octanol–water partition coefficient (Wildman–Crippen LogP) is 3.70. The van der Waals surface area contributed by atoms with Crippen molar-refractivity contribution in [3.63, 3.8) is 0 Å². The van der Waals surface area contributed by atoms with Gasteiger partial charge in [0.2, 0.25) is 5.91 Å². The minimum absolute atomic E-state index is 0.126. The molecule has 0 bridgehead atoms. The summed E-state index contributed by atoms with van der Waals surface area (Å²) in [6.07, 6.45) is 1.44. The fraction of sp³-hybridized carbons (Fsp3) is 0.316. The quantitative estimate of drug-likeness (QED) is 0.781. The zero-order valence-corrected chi connectivity index (χ0v) is 15.1. The number of amides is 1. The number of hydrogen-bond acceptors (Lipinski definition) is 5. The molecule has 1 atom stereocenters. The molecule has 4 rings (SSSR count). The molecule has 1 amide bonds. The second-order valence-electron chi connectivity index (χ2n) is 6.46. The molecule has 1 aliphatic heterocycles. The summed E-state index contributed by atoms with van der Waals surface area (Å²) in [5.41, 5.74) is 1.18. The Balaban J connectivity index is 1.69. The van der Waals surface area contributed by atoms with Gasteiger partial charge in [-0.25, -0.2) is 9.97 Å². The Labute approximate surface area is 150 Å². The highest BCUT2D eigenvalue weighted by Crippen LogP contribution is 2.35. The zero-order valence-electron chi connectivity index (χ0n) is 14.3. The minimum atomic E-state index is 0.126. The van der Waals surface area contributed by atoms with E-state index in [9.17, 15) is 4.79 Å². The van der Waals surface area contributed by atoms with E-state index in [1.807, 2.05) is 32.2 Å². The molecule has 5 nitrogen and oxygen atoms in total. The summed E-state index contributed by atoms with van der Waals surface area (Å²) in [7, 11) is 1.86. The van der Waals surface area contributed by atoms with Crippen molar-refractivity contribution in [3.05, 3.63) is 42.2 Å². The first-order chi connectivity index (χ1) is 12.1. The van der Waals surface area contributed by atoms with E-state index < -0.39 is 0 Å². The standard InChI is InChI=1S/C19H20N4OS/c1-12-20-18(22-14-8-9-23(2)17(24)10-14)15-11-16(25-19(15)21-12)13-6-4-3-5-7-13/h3-7,11,14H,8-10H2,1-2H3,(H,20,21,22). The topological polar surface area (TPSA) is 58.1 Å². The van der Waals surface area contributed by atoms with Crippen molar-refractivity contribution >= 4 is 33.3 Å². The summed E-state index contributed by atoms with van der Waals surface area (Å²) < 4.78 is 0. The van der Waals surface area contributed by atoms with Crippen LogP contribution in [-0.2, 0) is 4.79 Å². The first-order valence-corrected chi connectivity index (χ1v) is 9.26. The molecule has 1 aliphatic rings. The average Bonchev–Trinajstić information content (AvgIpc) is 3.03. The second kappa shape index (κ2) is 6.44. The first-order valence-electron chi connectivity index (χ1n) is 8.44. The lowest BCUT2D eigenvalue weighted by molar-refractivity contribution is -0.132. The minimum Gasteiger partial charge on any atom is -0.366 e. The van der Waals surface area contributed by atoms with Crippen molar-refractivity contribution in [2.24, 2.45) is 0 Å². The number of aromatic nitrogens is 2. The molecule has 25 heavy (non-hydrogen) atoms. The van der Waals surface area contributed by atoms with Gasteiger partial charge in [-0.05, 0) is 25.0 Å². The molecule has 1 N–H and O–H groups in total. The highest BCUT2D eigenvalue weighted by Gasteiger charge is 2.24. The molecule has 2 aromatic heterocycles. The van der Waals surface area contributed by atoms with E-state index >= 15 is 0 Å². The molecule has 0 spiro atoms. The van der Waals surface area contributed by atoms with E-state index in [1.165, 1.54) is 10.4 Å². The van der Waals surface area contributed by atoms with Crippen LogP contribution in [0.15, 0.2) is 36.4 Å². The third-order valence-corrected chi connectivity index (χ3v) is 5.64. The molecule has 128 valence electrons. The van der Waals surface area contributed by atoms with Crippen LogP contribution in [0.4, 0.5) is 5.82 Å². The largest absolute Gasteiger partial charge is 0.366 e. The smallest absolute Gasteiger partial charge is 0.224 e. The van der Waals surface area contributed by atoms with Crippen molar-refractivity contribution in [1.29, 1.82) is 0 Å². The number of nitrogens with zero attached hydrogens (tertiary/aromatic N) is 3. The summed E-state index contributed by atoms with van der Waals surface area (Å²) in [6.45, 7) is 2.69. The van der Waals surface area contributed by atoms with Crippen molar-refractivity contribution < 1.29 is 4.79 Å². The van der Waals surface area contributed by atoms with Gasteiger partial charge in [0.1, 0.15) is 16.5 Å². The number of hydrogen-bond donors (Lipinski definition) is 1. The van der Waals surface area contributed by atoms with Gasteiger partial charge in [-0.3, -0.25) is 4.79 Å². The highest BCUT2D eigenvalue weighted by atomic mass is 32.1. The van der Waals surface area contributed by atoms with Gasteiger partial charge in [-0.15, -0.1) is 11.3 Å². The molecule has 1 fully saturated rings. The van der Waals surface area contributed by atoms with E-state index in [1.54, 1.807) is 16.2 Å². The number of likely N-dealkylation sites (tertiary alicyclic amines) is 1. The summed E-state index contributed by atoms with van der Waals surface area (Å²) in [5, 5.41) is 4.52. The number of aryl methyl sites for hydroxylation is 1. The number of nitrogens with one attached hydrogen (secondary N) is 1. The van der Waals surface area contributed by atoms with Gasteiger partial charge in [0.05, 0.1) is 5.39 Å². The van der Waals surface area contributed by atoms with Gasteiger partial charge in [-0.1, -0.05) is 30.3 Å². The molecule has 1 unspecified atom stereocenters. The number of rotatable bonds is 3. The summed E-state index contributed by atoms with van der Waals surface area (Å²) >= 11 is 1.68. The van der Waals surface area contributed by atoms with Crippen molar-refractivity contribution in [2.45, 2.75) is 25.8 Å². The molecule has 6 heteroatoms. The Kier molecular flexibility index (Phi) is 4.13. The number of fused-ring (bicyclic) bond motifs is 1. The fourth-order valence-electron chi connectivity index (χ4n) is 3.14. The Hall–Kier alpha value is -2.47. The van der Waals surface area contributed by atoms with Crippen molar-refractivity contribution in [3.8, 4) is 10.4 Å².